The number of carbonyl (C=O) groups excluding carboxylic acids is 1. The largest absolute Gasteiger partial charge is 0.507 e. The lowest BCUT2D eigenvalue weighted by Crippen LogP contribution is -2.25. The highest BCUT2D eigenvalue weighted by atomic mass is 35.5. The topological polar surface area (TPSA) is 46.5 Å². The molecule has 2 aromatic rings. The first-order valence-corrected chi connectivity index (χ1v) is 9.77. The van der Waals surface area contributed by atoms with Gasteiger partial charge in [0.05, 0.1) is 0 Å². The number of carbonyl (C=O) groups is 1. The Morgan fingerprint density at radius 3 is 2.04 bits per heavy atom. The van der Waals surface area contributed by atoms with Gasteiger partial charge >= 0.3 is 5.97 Å². The Hall–Kier alpha value is -2.26. The van der Waals surface area contributed by atoms with E-state index < -0.39 is 5.97 Å². The van der Waals surface area contributed by atoms with Gasteiger partial charge < -0.3 is 9.84 Å². The molecular weight excluding hydrogens is 372 g/mol. The normalized spacial score (nSPS) is 17.3. The molecule has 0 amide bonds. The van der Waals surface area contributed by atoms with Gasteiger partial charge in [-0.25, -0.2) is 4.79 Å². The van der Waals surface area contributed by atoms with Crippen LogP contribution in [0.2, 0.25) is 5.02 Å². The minimum atomic E-state index is -0.442. The zero-order chi connectivity index (χ0) is 21.0. The lowest BCUT2D eigenvalue weighted by atomic mass is 9.74. The molecule has 0 aliphatic carbocycles. The second-order valence-corrected chi connectivity index (χ2v) is 9.93. The summed E-state index contributed by atoms with van der Waals surface area (Å²) in [5.41, 5.74) is 3.21. The summed E-state index contributed by atoms with van der Waals surface area (Å²) < 4.78 is 5.42. The summed E-state index contributed by atoms with van der Waals surface area (Å²) >= 11 is 6.24. The molecule has 0 unspecified atom stereocenters. The molecule has 1 aliphatic rings. The van der Waals surface area contributed by atoms with Crippen molar-refractivity contribution in [1.82, 2.24) is 0 Å². The van der Waals surface area contributed by atoms with Crippen LogP contribution in [-0.4, -0.2) is 11.1 Å². The smallest absolute Gasteiger partial charge is 0.339 e. The van der Waals surface area contributed by atoms with Crippen LogP contribution in [-0.2, 0) is 15.6 Å². The summed E-state index contributed by atoms with van der Waals surface area (Å²) in [6.45, 7) is 16.4. The van der Waals surface area contributed by atoms with Crippen LogP contribution in [0.1, 0.15) is 69.7 Å². The molecule has 1 heterocycles. The third kappa shape index (κ3) is 3.56. The molecule has 0 aromatic heterocycles. The van der Waals surface area contributed by atoms with Crippen molar-refractivity contribution in [3.05, 3.63) is 69.8 Å². The number of ether oxygens (including phenoxy) is 1. The number of aromatic hydroxyl groups is 1. The number of rotatable bonds is 1. The highest BCUT2D eigenvalue weighted by Crippen LogP contribution is 2.47. The highest BCUT2D eigenvalue weighted by molar-refractivity contribution is 6.30. The van der Waals surface area contributed by atoms with E-state index in [1.165, 1.54) is 0 Å². The number of halogens is 1. The maximum atomic E-state index is 12.5. The van der Waals surface area contributed by atoms with Crippen molar-refractivity contribution >= 4 is 17.6 Å². The van der Waals surface area contributed by atoms with Crippen LogP contribution in [0.4, 0.5) is 0 Å². The Kier molecular flexibility index (Phi) is 4.87. The van der Waals surface area contributed by atoms with Crippen LogP contribution in [0.5, 0.6) is 11.5 Å². The Morgan fingerprint density at radius 1 is 1.00 bits per heavy atom. The molecule has 2 aromatic carbocycles. The van der Waals surface area contributed by atoms with Gasteiger partial charge in [-0.1, -0.05) is 71.9 Å². The van der Waals surface area contributed by atoms with Crippen LogP contribution >= 0.6 is 11.6 Å². The molecule has 1 atom stereocenters. The zero-order valence-corrected chi connectivity index (χ0v) is 18.1. The van der Waals surface area contributed by atoms with E-state index in [2.05, 4.69) is 48.1 Å². The Labute approximate surface area is 172 Å². The van der Waals surface area contributed by atoms with Gasteiger partial charge in [0.15, 0.2) is 0 Å². The second-order valence-electron chi connectivity index (χ2n) is 9.49. The molecule has 0 spiro atoms. The van der Waals surface area contributed by atoms with E-state index in [-0.39, 0.29) is 16.7 Å². The molecule has 0 radical (unpaired) electrons. The average Bonchev–Trinajstić information content (AvgIpc) is 2.55. The van der Waals surface area contributed by atoms with E-state index in [9.17, 15) is 9.90 Å². The first kappa shape index (κ1) is 20.5. The van der Waals surface area contributed by atoms with E-state index in [0.29, 0.717) is 22.1 Å². The predicted molar refractivity (Wildman–Crippen MR) is 114 cm³/mol. The molecule has 28 heavy (non-hydrogen) atoms. The molecular formula is C24H27ClO3. The summed E-state index contributed by atoms with van der Waals surface area (Å²) in [5, 5.41) is 11.6. The Morgan fingerprint density at radius 2 is 1.54 bits per heavy atom. The SMILES string of the molecule is C=C1C(=O)Oc2ccc(Cl)cc2[C@@H]1c1cc(C(C)(C)C)c(O)c(C(C)(C)C)c1. The summed E-state index contributed by atoms with van der Waals surface area (Å²) in [5.74, 6) is -0.0196. The summed E-state index contributed by atoms with van der Waals surface area (Å²) in [6.07, 6.45) is 0. The number of fused-ring (bicyclic) bond motifs is 1. The summed E-state index contributed by atoms with van der Waals surface area (Å²) in [7, 11) is 0. The molecule has 3 nitrogen and oxygen atoms in total. The maximum Gasteiger partial charge on any atom is 0.339 e. The number of benzene rings is 2. The Balaban J connectivity index is 2.33. The second kappa shape index (κ2) is 6.66. The standard InChI is InChI=1S/C24H27ClO3/c1-13-20(16-12-15(25)8-9-19(16)28-22(13)27)14-10-17(23(2,3)4)21(26)18(11-14)24(5,6)7/h8-12,20,26H,1H2,2-7H3/t20-/m0/s1. The fourth-order valence-corrected chi connectivity index (χ4v) is 3.84. The quantitative estimate of drug-likeness (QED) is 0.351. The van der Waals surface area contributed by atoms with Gasteiger partial charge in [0.25, 0.3) is 0 Å². The van der Waals surface area contributed by atoms with E-state index in [1.54, 1.807) is 12.1 Å². The van der Waals surface area contributed by atoms with Crippen LogP contribution in [0.3, 0.4) is 0 Å². The molecule has 0 saturated carbocycles. The van der Waals surface area contributed by atoms with Crippen molar-refractivity contribution < 1.29 is 14.6 Å². The zero-order valence-electron chi connectivity index (χ0n) is 17.3. The molecule has 148 valence electrons. The summed E-state index contributed by atoms with van der Waals surface area (Å²) in [4.78, 5) is 12.5. The van der Waals surface area contributed by atoms with Crippen molar-refractivity contribution in [3.8, 4) is 11.5 Å². The molecule has 0 bridgehead atoms. The molecule has 1 N–H and O–H groups in total. The summed E-state index contributed by atoms with van der Waals surface area (Å²) in [6, 6.07) is 9.19. The number of phenols is 1. The number of hydrogen-bond donors (Lipinski definition) is 1. The van der Waals surface area contributed by atoms with Crippen LogP contribution in [0.25, 0.3) is 0 Å². The van der Waals surface area contributed by atoms with E-state index in [1.807, 2.05) is 18.2 Å². The minimum absolute atomic E-state index is 0.270. The molecule has 1 aliphatic heterocycles. The first-order chi connectivity index (χ1) is 12.8. The molecule has 0 saturated heterocycles. The average molecular weight is 399 g/mol. The lowest BCUT2D eigenvalue weighted by Gasteiger charge is -2.32. The van der Waals surface area contributed by atoms with Crippen molar-refractivity contribution in [2.45, 2.75) is 58.3 Å². The van der Waals surface area contributed by atoms with Crippen molar-refractivity contribution in [2.24, 2.45) is 0 Å². The van der Waals surface area contributed by atoms with Crippen molar-refractivity contribution in [3.63, 3.8) is 0 Å². The predicted octanol–water partition coefficient (Wildman–Crippen LogP) is 6.25. The maximum absolute atomic E-state index is 12.5. The van der Waals surface area contributed by atoms with Gasteiger partial charge in [0.2, 0.25) is 0 Å². The van der Waals surface area contributed by atoms with Crippen LogP contribution in [0.15, 0.2) is 42.5 Å². The van der Waals surface area contributed by atoms with Gasteiger partial charge in [-0.2, -0.15) is 0 Å². The third-order valence-corrected chi connectivity index (χ3v) is 5.41. The number of hydrogen-bond acceptors (Lipinski definition) is 3. The van der Waals surface area contributed by atoms with Gasteiger partial charge in [0, 0.05) is 22.1 Å². The Bertz CT molecular complexity index is 939. The van der Waals surface area contributed by atoms with Gasteiger partial charge in [-0.15, -0.1) is 0 Å². The van der Waals surface area contributed by atoms with Crippen molar-refractivity contribution in [1.29, 1.82) is 0 Å². The van der Waals surface area contributed by atoms with Crippen LogP contribution < -0.4 is 4.74 Å². The van der Waals surface area contributed by atoms with Crippen LogP contribution in [0, 0.1) is 0 Å². The molecule has 0 fully saturated rings. The lowest BCUT2D eigenvalue weighted by molar-refractivity contribution is -0.131. The van der Waals surface area contributed by atoms with Gasteiger partial charge in [-0.3, -0.25) is 0 Å². The first-order valence-electron chi connectivity index (χ1n) is 9.39. The minimum Gasteiger partial charge on any atom is -0.507 e. The molecule has 4 heteroatoms. The highest BCUT2D eigenvalue weighted by Gasteiger charge is 2.35. The fraction of sp³-hybridized carbons (Fsp3) is 0.375. The van der Waals surface area contributed by atoms with E-state index >= 15 is 0 Å². The van der Waals surface area contributed by atoms with Crippen molar-refractivity contribution in [2.75, 3.05) is 0 Å². The van der Waals surface area contributed by atoms with E-state index in [0.717, 1.165) is 22.3 Å². The van der Waals surface area contributed by atoms with Gasteiger partial charge in [-0.05, 0) is 45.7 Å². The monoisotopic (exact) mass is 398 g/mol. The number of phenolic OH excluding ortho intramolecular Hbond substituents is 1. The van der Waals surface area contributed by atoms with Gasteiger partial charge in [0.1, 0.15) is 11.5 Å². The van der Waals surface area contributed by atoms with E-state index in [4.69, 9.17) is 16.3 Å². The number of esters is 1. The molecule has 3 rings (SSSR count). The third-order valence-electron chi connectivity index (χ3n) is 5.18. The fourth-order valence-electron chi connectivity index (χ4n) is 3.66.